The van der Waals surface area contributed by atoms with Crippen molar-refractivity contribution in [2.24, 2.45) is 0 Å². The zero-order chi connectivity index (χ0) is 10.4. The molecule has 4 heteroatoms. The smallest absolute Gasteiger partial charge is 0.289 e. The molecule has 0 unspecified atom stereocenters. The molecule has 0 saturated heterocycles. The van der Waals surface area contributed by atoms with Gasteiger partial charge in [0, 0.05) is 12.6 Å². The van der Waals surface area contributed by atoms with E-state index in [1.165, 1.54) is 0 Å². The lowest BCUT2D eigenvalue weighted by Gasteiger charge is -2.00. The number of nitrogens with zero attached hydrogens (tertiary/aromatic N) is 1. The van der Waals surface area contributed by atoms with Crippen LogP contribution in [0.1, 0.15) is 42.4 Å². The molecule has 1 rings (SSSR count). The maximum Gasteiger partial charge on any atom is 0.289 e. The summed E-state index contributed by atoms with van der Waals surface area (Å²) in [6.45, 7) is 4.62. The number of amides is 1. The van der Waals surface area contributed by atoms with Crippen LogP contribution in [0.3, 0.4) is 0 Å². The quantitative estimate of drug-likeness (QED) is 0.732. The maximum atomic E-state index is 11.4. The second-order valence-electron chi connectivity index (χ2n) is 3.30. The van der Waals surface area contributed by atoms with Crippen LogP contribution >= 0.6 is 0 Å². The Bertz CT molecular complexity index is 294. The number of aromatic nitrogens is 1. The van der Waals surface area contributed by atoms with Crippen molar-refractivity contribution in [3.8, 4) is 0 Å². The van der Waals surface area contributed by atoms with Gasteiger partial charge in [0.25, 0.3) is 5.91 Å². The van der Waals surface area contributed by atoms with Gasteiger partial charge >= 0.3 is 0 Å². The SMILES string of the molecule is CCCCCNC(=O)c1cc(C)no1. The van der Waals surface area contributed by atoms with Crippen LogP contribution in [0, 0.1) is 6.92 Å². The molecule has 4 nitrogen and oxygen atoms in total. The summed E-state index contributed by atoms with van der Waals surface area (Å²) in [5.74, 6) is 0.112. The van der Waals surface area contributed by atoms with E-state index in [1.54, 1.807) is 13.0 Å². The van der Waals surface area contributed by atoms with Crippen LogP contribution in [0.4, 0.5) is 0 Å². The fourth-order valence-electron chi connectivity index (χ4n) is 1.13. The molecule has 1 aromatic heterocycles. The maximum absolute atomic E-state index is 11.4. The highest BCUT2D eigenvalue weighted by Gasteiger charge is 2.09. The van der Waals surface area contributed by atoms with Gasteiger partial charge in [-0.1, -0.05) is 24.9 Å². The number of rotatable bonds is 5. The Labute approximate surface area is 83.7 Å². The normalized spacial score (nSPS) is 10.1. The zero-order valence-corrected chi connectivity index (χ0v) is 8.67. The minimum Gasteiger partial charge on any atom is -0.351 e. The van der Waals surface area contributed by atoms with Crippen molar-refractivity contribution in [3.63, 3.8) is 0 Å². The van der Waals surface area contributed by atoms with Crippen LogP contribution in [0.25, 0.3) is 0 Å². The highest BCUT2D eigenvalue weighted by atomic mass is 16.5. The molecule has 0 aliphatic rings. The summed E-state index contributed by atoms with van der Waals surface area (Å²) in [7, 11) is 0. The molecule has 0 fully saturated rings. The number of nitrogens with one attached hydrogen (secondary N) is 1. The van der Waals surface area contributed by atoms with E-state index >= 15 is 0 Å². The monoisotopic (exact) mass is 196 g/mol. The molecule has 14 heavy (non-hydrogen) atoms. The van der Waals surface area contributed by atoms with E-state index in [2.05, 4.69) is 17.4 Å². The van der Waals surface area contributed by atoms with Gasteiger partial charge in [-0.25, -0.2) is 0 Å². The second kappa shape index (κ2) is 5.42. The molecule has 0 atom stereocenters. The molecule has 0 aromatic carbocycles. The van der Waals surface area contributed by atoms with Gasteiger partial charge in [0.2, 0.25) is 5.76 Å². The van der Waals surface area contributed by atoms with Crippen molar-refractivity contribution in [1.29, 1.82) is 0 Å². The highest BCUT2D eigenvalue weighted by Crippen LogP contribution is 2.01. The van der Waals surface area contributed by atoms with Crippen LogP contribution in [0.2, 0.25) is 0 Å². The number of carbonyl (C=O) groups excluding carboxylic acids is 1. The Morgan fingerprint density at radius 3 is 2.93 bits per heavy atom. The Morgan fingerprint density at radius 2 is 2.36 bits per heavy atom. The average Bonchev–Trinajstić information content (AvgIpc) is 2.59. The summed E-state index contributed by atoms with van der Waals surface area (Å²) >= 11 is 0. The molecular formula is C10H16N2O2. The second-order valence-corrected chi connectivity index (χ2v) is 3.30. The van der Waals surface area contributed by atoms with Gasteiger partial charge in [0.05, 0.1) is 5.69 Å². The topological polar surface area (TPSA) is 55.1 Å². The average molecular weight is 196 g/mol. The van der Waals surface area contributed by atoms with Crippen LogP contribution < -0.4 is 5.32 Å². The van der Waals surface area contributed by atoms with Crippen molar-refractivity contribution < 1.29 is 9.32 Å². The number of unbranched alkanes of at least 4 members (excludes halogenated alkanes) is 2. The molecule has 1 aromatic rings. The highest BCUT2D eigenvalue weighted by molar-refractivity contribution is 5.91. The standard InChI is InChI=1S/C10H16N2O2/c1-3-4-5-6-11-10(13)9-7-8(2)12-14-9/h7H,3-6H2,1-2H3,(H,11,13). The van der Waals surface area contributed by atoms with E-state index in [9.17, 15) is 4.79 Å². The minimum atomic E-state index is -0.179. The molecular weight excluding hydrogens is 180 g/mol. The summed E-state index contributed by atoms with van der Waals surface area (Å²) in [5, 5.41) is 6.42. The predicted octanol–water partition coefficient (Wildman–Crippen LogP) is 1.90. The first-order chi connectivity index (χ1) is 6.74. The first kappa shape index (κ1) is 10.8. The zero-order valence-electron chi connectivity index (χ0n) is 8.67. The summed E-state index contributed by atoms with van der Waals surface area (Å²) in [4.78, 5) is 11.4. The molecule has 1 N–H and O–H groups in total. The van der Waals surface area contributed by atoms with Gasteiger partial charge < -0.3 is 9.84 Å². The molecule has 0 aliphatic heterocycles. The van der Waals surface area contributed by atoms with Crippen molar-refractivity contribution in [2.45, 2.75) is 33.1 Å². The Morgan fingerprint density at radius 1 is 1.57 bits per heavy atom. The van der Waals surface area contributed by atoms with E-state index in [0.717, 1.165) is 25.0 Å². The molecule has 0 saturated carbocycles. The van der Waals surface area contributed by atoms with Gasteiger partial charge in [0.15, 0.2) is 0 Å². The van der Waals surface area contributed by atoms with Gasteiger partial charge in [-0.05, 0) is 13.3 Å². The van der Waals surface area contributed by atoms with Crippen molar-refractivity contribution in [3.05, 3.63) is 17.5 Å². The van der Waals surface area contributed by atoms with Gasteiger partial charge in [-0.3, -0.25) is 4.79 Å². The van der Waals surface area contributed by atoms with Crippen molar-refractivity contribution >= 4 is 5.91 Å². The van der Waals surface area contributed by atoms with E-state index in [0.29, 0.717) is 12.3 Å². The molecule has 0 bridgehead atoms. The lowest BCUT2D eigenvalue weighted by molar-refractivity contribution is 0.0916. The van der Waals surface area contributed by atoms with Crippen LogP contribution in [-0.4, -0.2) is 17.6 Å². The first-order valence-corrected chi connectivity index (χ1v) is 4.95. The Kier molecular flexibility index (Phi) is 4.16. The molecule has 1 heterocycles. The van der Waals surface area contributed by atoms with E-state index < -0.39 is 0 Å². The number of hydrogen-bond acceptors (Lipinski definition) is 3. The molecule has 0 spiro atoms. The fourth-order valence-corrected chi connectivity index (χ4v) is 1.13. The third kappa shape index (κ3) is 3.20. The largest absolute Gasteiger partial charge is 0.351 e. The van der Waals surface area contributed by atoms with Gasteiger partial charge in [-0.2, -0.15) is 0 Å². The van der Waals surface area contributed by atoms with Crippen LogP contribution in [-0.2, 0) is 0 Å². The lowest BCUT2D eigenvalue weighted by atomic mass is 10.2. The third-order valence-corrected chi connectivity index (χ3v) is 1.92. The molecule has 1 amide bonds. The van der Waals surface area contributed by atoms with Gasteiger partial charge in [0.1, 0.15) is 0 Å². The summed E-state index contributed by atoms with van der Waals surface area (Å²) in [6.07, 6.45) is 3.29. The summed E-state index contributed by atoms with van der Waals surface area (Å²) in [5.41, 5.74) is 0.726. The van der Waals surface area contributed by atoms with E-state index in [-0.39, 0.29) is 5.91 Å². The number of hydrogen-bond donors (Lipinski definition) is 1. The van der Waals surface area contributed by atoms with Crippen molar-refractivity contribution in [2.75, 3.05) is 6.54 Å². The Balaban J connectivity index is 2.29. The molecule has 0 radical (unpaired) electrons. The Hall–Kier alpha value is -1.32. The van der Waals surface area contributed by atoms with Crippen LogP contribution in [0.5, 0.6) is 0 Å². The molecule has 0 aliphatic carbocycles. The number of carbonyl (C=O) groups is 1. The van der Waals surface area contributed by atoms with E-state index in [1.807, 2.05) is 0 Å². The summed E-state index contributed by atoms with van der Waals surface area (Å²) in [6, 6.07) is 1.63. The van der Waals surface area contributed by atoms with E-state index in [4.69, 9.17) is 4.52 Å². The molecule has 78 valence electrons. The fraction of sp³-hybridized carbons (Fsp3) is 0.600. The summed E-state index contributed by atoms with van der Waals surface area (Å²) < 4.78 is 4.82. The first-order valence-electron chi connectivity index (χ1n) is 4.95. The van der Waals surface area contributed by atoms with Crippen LogP contribution in [0.15, 0.2) is 10.6 Å². The van der Waals surface area contributed by atoms with Gasteiger partial charge in [-0.15, -0.1) is 0 Å². The van der Waals surface area contributed by atoms with Crippen molar-refractivity contribution in [1.82, 2.24) is 10.5 Å². The number of aryl methyl sites for hydroxylation is 1. The predicted molar refractivity (Wildman–Crippen MR) is 53.1 cm³/mol. The lowest BCUT2D eigenvalue weighted by Crippen LogP contribution is -2.23. The third-order valence-electron chi connectivity index (χ3n) is 1.92. The minimum absolute atomic E-state index is 0.179.